The Labute approximate surface area is 134 Å². The molecule has 0 aromatic heterocycles. The largest absolute Gasteiger partial charge is 0.379 e. The third-order valence-corrected chi connectivity index (χ3v) is 3.60. The fourth-order valence-electron chi connectivity index (χ4n) is 2.13. The molecule has 7 heteroatoms. The minimum Gasteiger partial charge on any atom is -0.379 e. The molecule has 120 valence electrons. The van der Waals surface area contributed by atoms with E-state index in [-0.39, 0.29) is 0 Å². The minimum absolute atomic E-state index is 0.476. The molecule has 0 unspecified atom stereocenters. The zero-order valence-corrected chi connectivity index (χ0v) is 13.1. The number of hydrogen-bond donors (Lipinski definition) is 2. The molecule has 2 rings (SSSR count). The average Bonchev–Trinajstić information content (AvgIpc) is 2.54. The SMILES string of the molecule is O=C(NCCCN1CCOCC1)C(=O)Nc1ccc(Cl)cc1. The molecule has 1 aromatic carbocycles. The first-order chi connectivity index (χ1) is 10.6. The Morgan fingerprint density at radius 2 is 1.82 bits per heavy atom. The molecule has 1 aromatic rings. The number of nitrogens with zero attached hydrogens (tertiary/aromatic N) is 1. The summed E-state index contributed by atoms with van der Waals surface area (Å²) in [4.78, 5) is 25.7. The summed E-state index contributed by atoms with van der Waals surface area (Å²) in [5, 5.41) is 5.72. The normalized spacial score (nSPS) is 15.3. The van der Waals surface area contributed by atoms with Gasteiger partial charge in [0.25, 0.3) is 0 Å². The molecule has 1 fully saturated rings. The van der Waals surface area contributed by atoms with E-state index < -0.39 is 11.8 Å². The van der Waals surface area contributed by atoms with Gasteiger partial charge in [-0.3, -0.25) is 14.5 Å². The van der Waals surface area contributed by atoms with Gasteiger partial charge in [-0.05, 0) is 37.2 Å². The van der Waals surface area contributed by atoms with Crippen molar-refractivity contribution in [2.45, 2.75) is 6.42 Å². The summed E-state index contributed by atoms with van der Waals surface area (Å²) in [6, 6.07) is 6.59. The molecule has 22 heavy (non-hydrogen) atoms. The van der Waals surface area contributed by atoms with E-state index in [0.717, 1.165) is 39.3 Å². The molecule has 1 aliphatic rings. The lowest BCUT2D eigenvalue weighted by Gasteiger charge is -2.26. The van der Waals surface area contributed by atoms with Crippen molar-refractivity contribution in [3.63, 3.8) is 0 Å². The lowest BCUT2D eigenvalue weighted by Crippen LogP contribution is -2.39. The molecule has 2 N–H and O–H groups in total. The highest BCUT2D eigenvalue weighted by Gasteiger charge is 2.14. The minimum atomic E-state index is -0.673. The second-order valence-corrected chi connectivity index (χ2v) is 5.46. The Hall–Kier alpha value is -1.63. The van der Waals surface area contributed by atoms with Gasteiger partial charge in [0.2, 0.25) is 0 Å². The molecule has 6 nitrogen and oxygen atoms in total. The van der Waals surface area contributed by atoms with E-state index in [1.807, 2.05) is 0 Å². The highest BCUT2D eigenvalue weighted by Crippen LogP contribution is 2.13. The Kier molecular flexibility index (Phi) is 6.64. The number of amides is 2. The fourth-order valence-corrected chi connectivity index (χ4v) is 2.26. The number of rotatable bonds is 5. The summed E-state index contributed by atoms with van der Waals surface area (Å²) in [5.74, 6) is -1.30. The number of hydrogen-bond acceptors (Lipinski definition) is 4. The van der Waals surface area contributed by atoms with Crippen LogP contribution in [0.1, 0.15) is 6.42 Å². The maximum atomic E-state index is 11.7. The Morgan fingerprint density at radius 3 is 2.50 bits per heavy atom. The maximum absolute atomic E-state index is 11.7. The number of ether oxygens (including phenoxy) is 1. The maximum Gasteiger partial charge on any atom is 0.313 e. The quantitative estimate of drug-likeness (QED) is 0.628. The number of morpholine rings is 1. The first kappa shape index (κ1) is 16.7. The molecule has 1 heterocycles. The van der Waals surface area contributed by atoms with Crippen molar-refractivity contribution in [2.24, 2.45) is 0 Å². The average molecular weight is 326 g/mol. The van der Waals surface area contributed by atoms with E-state index in [0.29, 0.717) is 17.3 Å². The highest BCUT2D eigenvalue weighted by molar-refractivity contribution is 6.39. The van der Waals surface area contributed by atoms with Crippen LogP contribution in [-0.2, 0) is 14.3 Å². The number of benzene rings is 1. The summed E-state index contributed by atoms with van der Waals surface area (Å²) in [6.07, 6.45) is 0.806. The summed E-state index contributed by atoms with van der Waals surface area (Å²) < 4.78 is 5.27. The fraction of sp³-hybridized carbons (Fsp3) is 0.467. The van der Waals surface area contributed by atoms with Gasteiger partial charge in [0.15, 0.2) is 0 Å². The number of nitrogens with one attached hydrogen (secondary N) is 2. The zero-order chi connectivity index (χ0) is 15.8. The summed E-state index contributed by atoms with van der Waals surface area (Å²) in [6.45, 7) is 4.73. The van der Waals surface area contributed by atoms with E-state index in [1.165, 1.54) is 0 Å². The van der Waals surface area contributed by atoms with Gasteiger partial charge in [-0.25, -0.2) is 0 Å². The molecule has 0 atom stereocenters. The van der Waals surface area contributed by atoms with Gasteiger partial charge in [-0.1, -0.05) is 11.6 Å². The second-order valence-electron chi connectivity index (χ2n) is 5.02. The van der Waals surface area contributed by atoms with Crippen LogP contribution in [0, 0.1) is 0 Å². The van der Waals surface area contributed by atoms with Crippen molar-refractivity contribution in [1.82, 2.24) is 10.2 Å². The van der Waals surface area contributed by atoms with Crippen LogP contribution in [0.2, 0.25) is 5.02 Å². The molecular weight excluding hydrogens is 306 g/mol. The number of halogens is 1. The molecule has 1 aliphatic heterocycles. The van der Waals surface area contributed by atoms with E-state index in [9.17, 15) is 9.59 Å². The third kappa shape index (κ3) is 5.63. The lowest BCUT2D eigenvalue weighted by molar-refractivity contribution is -0.136. The molecule has 0 bridgehead atoms. The Balaban J connectivity index is 1.63. The Bertz CT molecular complexity index is 501. The van der Waals surface area contributed by atoms with Crippen LogP contribution in [0.25, 0.3) is 0 Å². The molecule has 0 aliphatic carbocycles. The molecule has 1 saturated heterocycles. The lowest BCUT2D eigenvalue weighted by atomic mass is 10.3. The first-order valence-corrected chi connectivity index (χ1v) is 7.68. The van der Waals surface area contributed by atoms with Gasteiger partial charge in [-0.15, -0.1) is 0 Å². The van der Waals surface area contributed by atoms with Gasteiger partial charge in [0.05, 0.1) is 13.2 Å². The van der Waals surface area contributed by atoms with E-state index in [4.69, 9.17) is 16.3 Å². The van der Waals surface area contributed by atoms with Crippen LogP contribution in [0.4, 0.5) is 5.69 Å². The highest BCUT2D eigenvalue weighted by atomic mass is 35.5. The zero-order valence-electron chi connectivity index (χ0n) is 12.3. The van der Waals surface area contributed by atoms with Crippen molar-refractivity contribution < 1.29 is 14.3 Å². The van der Waals surface area contributed by atoms with Gasteiger partial charge < -0.3 is 15.4 Å². The predicted octanol–water partition coefficient (Wildman–Crippen LogP) is 1.12. The van der Waals surface area contributed by atoms with Crippen molar-refractivity contribution in [3.05, 3.63) is 29.3 Å². The Morgan fingerprint density at radius 1 is 1.14 bits per heavy atom. The van der Waals surface area contributed by atoms with Crippen LogP contribution in [0.3, 0.4) is 0 Å². The third-order valence-electron chi connectivity index (χ3n) is 3.35. The molecule has 0 radical (unpaired) electrons. The van der Waals surface area contributed by atoms with Crippen molar-refractivity contribution in [3.8, 4) is 0 Å². The van der Waals surface area contributed by atoms with E-state index in [1.54, 1.807) is 24.3 Å². The topological polar surface area (TPSA) is 70.7 Å². The molecule has 0 saturated carbocycles. The van der Waals surface area contributed by atoms with Gasteiger partial charge >= 0.3 is 11.8 Å². The summed E-state index contributed by atoms with van der Waals surface area (Å²) in [7, 11) is 0. The molecule has 2 amide bonds. The smallest absolute Gasteiger partial charge is 0.313 e. The number of carbonyl (C=O) groups is 2. The summed E-state index contributed by atoms with van der Waals surface area (Å²) >= 11 is 5.76. The van der Waals surface area contributed by atoms with Crippen LogP contribution >= 0.6 is 11.6 Å². The van der Waals surface area contributed by atoms with Crippen LogP contribution in [0.5, 0.6) is 0 Å². The second kappa shape index (κ2) is 8.73. The van der Waals surface area contributed by atoms with Gasteiger partial charge in [-0.2, -0.15) is 0 Å². The first-order valence-electron chi connectivity index (χ1n) is 7.30. The molecular formula is C15H20ClN3O3. The van der Waals surface area contributed by atoms with Crippen molar-refractivity contribution >= 4 is 29.1 Å². The van der Waals surface area contributed by atoms with E-state index in [2.05, 4.69) is 15.5 Å². The predicted molar refractivity (Wildman–Crippen MR) is 85.0 cm³/mol. The standard InChI is InChI=1S/C15H20ClN3O3/c16-12-2-4-13(5-3-12)18-15(21)14(20)17-6-1-7-19-8-10-22-11-9-19/h2-5H,1,6-11H2,(H,17,20)(H,18,21). The van der Waals surface area contributed by atoms with Gasteiger partial charge in [0.1, 0.15) is 0 Å². The van der Waals surface area contributed by atoms with E-state index >= 15 is 0 Å². The van der Waals surface area contributed by atoms with Crippen LogP contribution in [-0.4, -0.2) is 56.1 Å². The van der Waals surface area contributed by atoms with Crippen molar-refractivity contribution in [2.75, 3.05) is 44.7 Å². The molecule has 0 spiro atoms. The van der Waals surface area contributed by atoms with Crippen LogP contribution in [0.15, 0.2) is 24.3 Å². The van der Waals surface area contributed by atoms with Crippen molar-refractivity contribution in [1.29, 1.82) is 0 Å². The summed E-state index contributed by atoms with van der Waals surface area (Å²) in [5.41, 5.74) is 0.540. The van der Waals surface area contributed by atoms with Gasteiger partial charge in [0, 0.05) is 30.3 Å². The monoisotopic (exact) mass is 325 g/mol. The number of anilines is 1. The van der Waals surface area contributed by atoms with Crippen LogP contribution < -0.4 is 10.6 Å². The number of carbonyl (C=O) groups excluding carboxylic acids is 2.